The van der Waals surface area contributed by atoms with Crippen LogP contribution in [0.2, 0.25) is 0 Å². The molecule has 0 aromatic heterocycles. The second kappa shape index (κ2) is 5.42. The molecule has 0 unspecified atom stereocenters. The molecule has 2 aliphatic rings. The van der Waals surface area contributed by atoms with Crippen LogP contribution in [0.1, 0.15) is 28.8 Å². The largest absolute Gasteiger partial charge is 0.394 e. The van der Waals surface area contributed by atoms with Gasteiger partial charge in [0.05, 0.1) is 12.1 Å². The molecule has 108 valence electrons. The molecule has 0 atom stereocenters. The van der Waals surface area contributed by atoms with Gasteiger partial charge in [-0.15, -0.1) is 0 Å². The average molecular weight is 276 g/mol. The average Bonchev–Trinajstić information content (AvgIpc) is 2.95. The summed E-state index contributed by atoms with van der Waals surface area (Å²) in [6, 6.07) is 5.74. The topological polar surface area (TPSA) is 70.6 Å². The quantitative estimate of drug-likeness (QED) is 0.768. The molecule has 0 bridgehead atoms. The van der Waals surface area contributed by atoms with Crippen LogP contribution in [0.4, 0.5) is 5.69 Å². The lowest BCUT2D eigenvalue weighted by atomic mass is 9.90. The van der Waals surface area contributed by atoms with Crippen molar-refractivity contribution < 1.29 is 14.6 Å². The molecular weight excluding hydrogens is 256 g/mol. The number of fused-ring (bicyclic) bond motifs is 1. The van der Waals surface area contributed by atoms with Gasteiger partial charge < -0.3 is 20.5 Å². The second-order valence-corrected chi connectivity index (χ2v) is 5.55. The van der Waals surface area contributed by atoms with Gasteiger partial charge in [0.1, 0.15) is 0 Å². The number of hydrogen-bond donors (Lipinski definition) is 3. The molecule has 0 radical (unpaired) electrons. The SMILES string of the molecule is O=C(NC1(CO)CCOCC1)c1ccc2c(c1)NCC2. The number of aliphatic hydroxyl groups excluding tert-OH is 1. The molecule has 1 saturated heterocycles. The minimum Gasteiger partial charge on any atom is -0.394 e. The van der Waals surface area contributed by atoms with E-state index in [1.165, 1.54) is 5.56 Å². The van der Waals surface area contributed by atoms with Crippen molar-refractivity contribution in [2.24, 2.45) is 0 Å². The summed E-state index contributed by atoms with van der Waals surface area (Å²) in [5, 5.41) is 15.9. The summed E-state index contributed by atoms with van der Waals surface area (Å²) in [6.45, 7) is 2.03. The van der Waals surface area contributed by atoms with Crippen molar-refractivity contribution in [1.29, 1.82) is 0 Å². The summed E-state index contributed by atoms with van der Waals surface area (Å²) in [6.07, 6.45) is 2.31. The summed E-state index contributed by atoms with van der Waals surface area (Å²) in [4.78, 5) is 12.4. The van der Waals surface area contributed by atoms with Crippen LogP contribution in [0, 0.1) is 0 Å². The van der Waals surface area contributed by atoms with Crippen LogP contribution < -0.4 is 10.6 Å². The van der Waals surface area contributed by atoms with Crippen LogP contribution in [0.15, 0.2) is 18.2 Å². The third kappa shape index (κ3) is 2.51. The molecule has 5 nitrogen and oxygen atoms in total. The normalized spacial score (nSPS) is 20.1. The molecule has 3 rings (SSSR count). The zero-order valence-corrected chi connectivity index (χ0v) is 11.4. The standard InChI is InChI=1S/C15H20N2O3/c18-10-15(4-7-20-8-5-15)17-14(19)12-2-1-11-3-6-16-13(11)9-12/h1-2,9,16,18H,3-8,10H2,(H,17,19). The lowest BCUT2D eigenvalue weighted by Gasteiger charge is -2.36. The molecule has 3 N–H and O–H groups in total. The van der Waals surface area contributed by atoms with Gasteiger partial charge >= 0.3 is 0 Å². The van der Waals surface area contributed by atoms with Crippen LogP contribution in [0.5, 0.6) is 0 Å². The zero-order chi connectivity index (χ0) is 14.0. The van der Waals surface area contributed by atoms with E-state index < -0.39 is 5.54 Å². The first kappa shape index (κ1) is 13.4. The highest BCUT2D eigenvalue weighted by atomic mass is 16.5. The summed E-state index contributed by atoms with van der Waals surface area (Å²) in [7, 11) is 0. The Bertz CT molecular complexity index is 510. The van der Waals surface area contributed by atoms with Gasteiger partial charge in [0.2, 0.25) is 0 Å². The maximum Gasteiger partial charge on any atom is 0.251 e. The lowest BCUT2D eigenvalue weighted by Crippen LogP contribution is -2.54. The smallest absolute Gasteiger partial charge is 0.251 e. The van der Waals surface area contributed by atoms with Crippen molar-refractivity contribution in [3.05, 3.63) is 29.3 Å². The first-order chi connectivity index (χ1) is 9.72. The van der Waals surface area contributed by atoms with E-state index in [-0.39, 0.29) is 12.5 Å². The van der Waals surface area contributed by atoms with E-state index in [9.17, 15) is 9.90 Å². The summed E-state index contributed by atoms with van der Waals surface area (Å²) < 4.78 is 5.30. The minimum atomic E-state index is -0.540. The number of ether oxygens (including phenoxy) is 1. The number of anilines is 1. The van der Waals surface area contributed by atoms with Crippen molar-refractivity contribution >= 4 is 11.6 Å². The van der Waals surface area contributed by atoms with Crippen molar-refractivity contribution in [1.82, 2.24) is 5.32 Å². The number of rotatable bonds is 3. The monoisotopic (exact) mass is 276 g/mol. The Morgan fingerprint density at radius 2 is 2.20 bits per heavy atom. The third-order valence-corrected chi connectivity index (χ3v) is 4.21. The van der Waals surface area contributed by atoms with Gasteiger partial charge in [-0.05, 0) is 37.0 Å². The van der Waals surface area contributed by atoms with Crippen LogP contribution in [0.3, 0.4) is 0 Å². The number of benzene rings is 1. The molecule has 1 aromatic carbocycles. The molecule has 2 heterocycles. The van der Waals surface area contributed by atoms with Gasteiger partial charge in [0.25, 0.3) is 5.91 Å². The predicted octanol–water partition coefficient (Wildman–Crippen LogP) is 0.926. The highest BCUT2D eigenvalue weighted by molar-refractivity contribution is 5.96. The van der Waals surface area contributed by atoms with E-state index in [0.29, 0.717) is 31.6 Å². The highest BCUT2D eigenvalue weighted by Crippen LogP contribution is 2.25. The van der Waals surface area contributed by atoms with Crippen LogP contribution in [-0.2, 0) is 11.2 Å². The van der Waals surface area contributed by atoms with E-state index in [1.54, 1.807) is 0 Å². The fourth-order valence-electron chi connectivity index (χ4n) is 2.83. The maximum atomic E-state index is 12.4. The van der Waals surface area contributed by atoms with E-state index in [1.807, 2.05) is 18.2 Å². The molecule has 2 aliphatic heterocycles. The Kier molecular flexibility index (Phi) is 3.63. The van der Waals surface area contributed by atoms with Crippen molar-refractivity contribution in [3.63, 3.8) is 0 Å². The molecule has 1 aromatic rings. The predicted molar refractivity (Wildman–Crippen MR) is 76.0 cm³/mol. The molecule has 1 amide bonds. The van der Waals surface area contributed by atoms with Crippen LogP contribution >= 0.6 is 0 Å². The summed E-state index contributed by atoms with van der Waals surface area (Å²) >= 11 is 0. The first-order valence-corrected chi connectivity index (χ1v) is 7.10. The molecule has 0 saturated carbocycles. The zero-order valence-electron chi connectivity index (χ0n) is 11.4. The Hall–Kier alpha value is -1.59. The number of amides is 1. The molecule has 1 fully saturated rings. The highest BCUT2D eigenvalue weighted by Gasteiger charge is 2.33. The molecule has 5 heteroatoms. The number of carbonyl (C=O) groups is 1. The fraction of sp³-hybridized carbons (Fsp3) is 0.533. The lowest BCUT2D eigenvalue weighted by molar-refractivity contribution is 0.0125. The molecule has 0 spiro atoms. The summed E-state index contributed by atoms with van der Waals surface area (Å²) in [5.41, 5.74) is 2.39. The van der Waals surface area contributed by atoms with Crippen LogP contribution in [-0.4, -0.2) is 42.9 Å². The van der Waals surface area contributed by atoms with Gasteiger partial charge in [-0.25, -0.2) is 0 Å². The summed E-state index contributed by atoms with van der Waals surface area (Å²) in [5.74, 6) is -0.127. The van der Waals surface area contributed by atoms with E-state index in [4.69, 9.17) is 4.74 Å². The number of carbonyl (C=O) groups excluding carboxylic acids is 1. The Balaban J connectivity index is 1.75. The van der Waals surface area contributed by atoms with Crippen molar-refractivity contribution in [2.45, 2.75) is 24.8 Å². The van der Waals surface area contributed by atoms with Gasteiger partial charge in [0, 0.05) is 31.0 Å². The second-order valence-electron chi connectivity index (χ2n) is 5.55. The Morgan fingerprint density at radius 1 is 1.40 bits per heavy atom. The number of aliphatic hydroxyl groups is 1. The minimum absolute atomic E-state index is 0.0503. The number of nitrogens with one attached hydrogen (secondary N) is 2. The van der Waals surface area contributed by atoms with E-state index in [2.05, 4.69) is 10.6 Å². The fourth-order valence-corrected chi connectivity index (χ4v) is 2.83. The first-order valence-electron chi connectivity index (χ1n) is 7.10. The molecule has 20 heavy (non-hydrogen) atoms. The van der Waals surface area contributed by atoms with Gasteiger partial charge in [-0.3, -0.25) is 4.79 Å². The molecular formula is C15H20N2O3. The van der Waals surface area contributed by atoms with Gasteiger partial charge in [-0.2, -0.15) is 0 Å². The maximum absolute atomic E-state index is 12.4. The Labute approximate surface area is 118 Å². The van der Waals surface area contributed by atoms with Crippen LogP contribution in [0.25, 0.3) is 0 Å². The van der Waals surface area contributed by atoms with Crippen molar-refractivity contribution in [3.8, 4) is 0 Å². The Morgan fingerprint density at radius 3 is 2.95 bits per heavy atom. The third-order valence-electron chi connectivity index (χ3n) is 4.21. The van der Waals surface area contributed by atoms with E-state index in [0.717, 1.165) is 18.7 Å². The van der Waals surface area contributed by atoms with E-state index >= 15 is 0 Å². The van der Waals surface area contributed by atoms with Crippen molar-refractivity contribution in [2.75, 3.05) is 31.7 Å². The number of hydrogen-bond acceptors (Lipinski definition) is 4. The van der Waals surface area contributed by atoms with Gasteiger partial charge in [-0.1, -0.05) is 6.07 Å². The molecule has 0 aliphatic carbocycles. The van der Waals surface area contributed by atoms with Gasteiger partial charge in [0.15, 0.2) is 0 Å².